The average Bonchev–Trinajstić information content (AvgIpc) is 2.97. The number of hydrogen-bond acceptors (Lipinski definition) is 5. The lowest BCUT2D eigenvalue weighted by atomic mass is 10.1. The number of carbonyl (C=O) groups excluding carboxylic acids is 1. The highest BCUT2D eigenvalue weighted by molar-refractivity contribution is 5.94. The molecule has 0 aliphatic heterocycles. The second-order valence-electron chi connectivity index (χ2n) is 4.56. The standard InChI is InChI=1S/C14H9F3N4O2/c1-23-14(22)11-8-4-19-12(13(17)21(8)5-20-11)9-6(15)2-3-7(18)10(9)16/h2-5H,18H2,1H3. The van der Waals surface area contributed by atoms with Crippen LogP contribution in [0.1, 0.15) is 10.5 Å². The second kappa shape index (κ2) is 5.27. The van der Waals surface area contributed by atoms with Crippen LogP contribution in [-0.2, 0) is 4.74 Å². The highest BCUT2D eigenvalue weighted by atomic mass is 19.1. The number of rotatable bonds is 2. The summed E-state index contributed by atoms with van der Waals surface area (Å²) in [6.45, 7) is 0. The SMILES string of the molecule is COC(=O)c1ncn2c(F)c(-c3c(F)ccc(N)c3F)ncc12. The molecule has 0 aliphatic carbocycles. The smallest absolute Gasteiger partial charge is 0.358 e. The molecule has 0 spiro atoms. The van der Waals surface area contributed by atoms with Gasteiger partial charge < -0.3 is 10.5 Å². The number of nitrogen functional groups attached to an aromatic ring is 1. The van der Waals surface area contributed by atoms with Gasteiger partial charge in [0, 0.05) is 0 Å². The van der Waals surface area contributed by atoms with E-state index in [1.807, 2.05) is 0 Å². The van der Waals surface area contributed by atoms with E-state index in [0.717, 1.165) is 36.2 Å². The zero-order chi connectivity index (χ0) is 16.7. The van der Waals surface area contributed by atoms with Crippen molar-refractivity contribution in [3.05, 3.63) is 47.9 Å². The van der Waals surface area contributed by atoms with Gasteiger partial charge in [0.1, 0.15) is 23.4 Å². The third-order valence-electron chi connectivity index (χ3n) is 3.26. The molecule has 2 aromatic heterocycles. The second-order valence-corrected chi connectivity index (χ2v) is 4.56. The van der Waals surface area contributed by atoms with E-state index in [4.69, 9.17) is 5.73 Å². The summed E-state index contributed by atoms with van der Waals surface area (Å²) in [5, 5.41) is 0. The van der Waals surface area contributed by atoms with E-state index in [1.165, 1.54) is 0 Å². The Hall–Kier alpha value is -3.10. The molecule has 0 radical (unpaired) electrons. The van der Waals surface area contributed by atoms with Crippen LogP contribution in [0.2, 0.25) is 0 Å². The highest BCUT2D eigenvalue weighted by Crippen LogP contribution is 2.30. The number of halogens is 3. The van der Waals surface area contributed by atoms with E-state index < -0.39 is 34.8 Å². The van der Waals surface area contributed by atoms with Crippen LogP contribution in [0.25, 0.3) is 16.8 Å². The lowest BCUT2D eigenvalue weighted by molar-refractivity contribution is 0.0597. The summed E-state index contributed by atoms with van der Waals surface area (Å²) in [5.41, 5.74) is 3.58. The maximum absolute atomic E-state index is 14.6. The molecule has 9 heteroatoms. The normalized spacial score (nSPS) is 11.0. The topological polar surface area (TPSA) is 82.5 Å². The predicted molar refractivity (Wildman–Crippen MR) is 74.0 cm³/mol. The number of ether oxygens (including phenoxy) is 1. The fourth-order valence-corrected chi connectivity index (χ4v) is 2.14. The van der Waals surface area contributed by atoms with Crippen molar-refractivity contribution in [3.63, 3.8) is 0 Å². The van der Waals surface area contributed by atoms with E-state index in [-0.39, 0.29) is 16.9 Å². The summed E-state index contributed by atoms with van der Waals surface area (Å²) in [6.07, 6.45) is 2.06. The summed E-state index contributed by atoms with van der Waals surface area (Å²) in [7, 11) is 1.14. The van der Waals surface area contributed by atoms with Gasteiger partial charge >= 0.3 is 5.97 Å². The van der Waals surface area contributed by atoms with Gasteiger partial charge in [-0.15, -0.1) is 0 Å². The van der Waals surface area contributed by atoms with Crippen LogP contribution in [0, 0.1) is 17.6 Å². The minimum atomic E-state index is -1.12. The Balaban J connectivity index is 2.28. The van der Waals surface area contributed by atoms with Gasteiger partial charge in [-0.1, -0.05) is 0 Å². The molecular weight excluding hydrogens is 313 g/mol. The van der Waals surface area contributed by atoms with Crippen LogP contribution in [0.15, 0.2) is 24.7 Å². The van der Waals surface area contributed by atoms with Crippen molar-refractivity contribution >= 4 is 17.2 Å². The van der Waals surface area contributed by atoms with Crippen molar-refractivity contribution in [2.24, 2.45) is 0 Å². The van der Waals surface area contributed by atoms with Crippen molar-refractivity contribution in [2.75, 3.05) is 12.8 Å². The third-order valence-corrected chi connectivity index (χ3v) is 3.26. The molecule has 0 saturated carbocycles. The van der Waals surface area contributed by atoms with E-state index in [2.05, 4.69) is 14.7 Å². The summed E-state index contributed by atoms with van der Waals surface area (Å²) in [5.74, 6) is -4.02. The average molecular weight is 322 g/mol. The number of fused-ring (bicyclic) bond motifs is 1. The van der Waals surface area contributed by atoms with Gasteiger partial charge in [-0.25, -0.2) is 23.5 Å². The summed E-state index contributed by atoms with van der Waals surface area (Å²) in [4.78, 5) is 19.0. The maximum atomic E-state index is 14.6. The number of hydrogen-bond donors (Lipinski definition) is 1. The maximum Gasteiger partial charge on any atom is 0.358 e. The fraction of sp³-hybridized carbons (Fsp3) is 0.0714. The van der Waals surface area contributed by atoms with Gasteiger partial charge in [0.05, 0.1) is 24.6 Å². The van der Waals surface area contributed by atoms with E-state index in [1.54, 1.807) is 0 Å². The molecule has 3 rings (SSSR count). The van der Waals surface area contributed by atoms with Crippen molar-refractivity contribution in [2.45, 2.75) is 0 Å². The van der Waals surface area contributed by atoms with Crippen LogP contribution < -0.4 is 5.73 Å². The van der Waals surface area contributed by atoms with Crippen molar-refractivity contribution < 1.29 is 22.7 Å². The Morgan fingerprint density at radius 2 is 2.00 bits per heavy atom. The van der Waals surface area contributed by atoms with Crippen LogP contribution in [-0.4, -0.2) is 27.4 Å². The molecule has 1 aromatic carbocycles. The van der Waals surface area contributed by atoms with Gasteiger partial charge in [-0.05, 0) is 12.1 Å². The van der Waals surface area contributed by atoms with Crippen LogP contribution in [0.4, 0.5) is 18.9 Å². The largest absolute Gasteiger partial charge is 0.464 e. The first-order chi connectivity index (χ1) is 11.0. The minimum Gasteiger partial charge on any atom is -0.464 e. The molecule has 2 N–H and O–H groups in total. The molecule has 118 valence electrons. The summed E-state index contributed by atoms with van der Waals surface area (Å²) >= 11 is 0. The molecule has 3 aromatic rings. The molecular formula is C14H9F3N4O2. The summed E-state index contributed by atoms with van der Waals surface area (Å²) < 4.78 is 47.8. The number of methoxy groups -OCH3 is 1. The van der Waals surface area contributed by atoms with Crippen molar-refractivity contribution in [1.82, 2.24) is 14.4 Å². The van der Waals surface area contributed by atoms with Gasteiger partial charge in [0.25, 0.3) is 0 Å². The summed E-state index contributed by atoms with van der Waals surface area (Å²) in [6, 6.07) is 1.93. The first kappa shape index (κ1) is 14.8. The Bertz CT molecular complexity index is 939. The first-order valence-corrected chi connectivity index (χ1v) is 6.29. The molecule has 0 fully saturated rings. The number of benzene rings is 1. The monoisotopic (exact) mass is 322 g/mol. The lowest BCUT2D eigenvalue weighted by Crippen LogP contribution is -2.06. The highest BCUT2D eigenvalue weighted by Gasteiger charge is 2.23. The van der Waals surface area contributed by atoms with Crippen LogP contribution >= 0.6 is 0 Å². The van der Waals surface area contributed by atoms with E-state index in [9.17, 15) is 18.0 Å². The number of nitrogens with two attached hydrogens (primary N) is 1. The van der Waals surface area contributed by atoms with Crippen molar-refractivity contribution in [1.29, 1.82) is 0 Å². The predicted octanol–water partition coefficient (Wildman–Crippen LogP) is 2.18. The van der Waals surface area contributed by atoms with E-state index >= 15 is 0 Å². The van der Waals surface area contributed by atoms with Gasteiger partial charge in [-0.3, -0.25) is 4.40 Å². The Morgan fingerprint density at radius 3 is 2.70 bits per heavy atom. The fourth-order valence-electron chi connectivity index (χ4n) is 2.14. The van der Waals surface area contributed by atoms with Gasteiger partial charge in [0.15, 0.2) is 11.5 Å². The number of esters is 1. The molecule has 0 aliphatic rings. The molecule has 23 heavy (non-hydrogen) atoms. The molecule has 2 heterocycles. The Kier molecular flexibility index (Phi) is 3.40. The van der Waals surface area contributed by atoms with Gasteiger partial charge in [-0.2, -0.15) is 4.39 Å². The number of anilines is 1. The zero-order valence-electron chi connectivity index (χ0n) is 11.7. The molecule has 0 unspecified atom stereocenters. The van der Waals surface area contributed by atoms with Gasteiger partial charge in [0.2, 0.25) is 5.95 Å². The zero-order valence-corrected chi connectivity index (χ0v) is 11.7. The third kappa shape index (κ3) is 2.17. The molecule has 0 atom stereocenters. The molecule has 0 saturated heterocycles. The number of aromatic nitrogens is 3. The van der Waals surface area contributed by atoms with Crippen molar-refractivity contribution in [3.8, 4) is 11.3 Å². The molecule has 0 amide bonds. The molecule has 6 nitrogen and oxygen atoms in total. The number of imidazole rings is 1. The quantitative estimate of drug-likeness (QED) is 0.577. The van der Waals surface area contributed by atoms with Crippen LogP contribution in [0.3, 0.4) is 0 Å². The first-order valence-electron chi connectivity index (χ1n) is 6.29. The Labute approximate surface area is 127 Å². The number of carbonyl (C=O) groups is 1. The number of nitrogens with zero attached hydrogens (tertiary/aromatic N) is 3. The Morgan fingerprint density at radius 1 is 1.26 bits per heavy atom. The minimum absolute atomic E-state index is 0.00261. The lowest BCUT2D eigenvalue weighted by Gasteiger charge is -2.08. The van der Waals surface area contributed by atoms with E-state index in [0.29, 0.717) is 0 Å². The van der Waals surface area contributed by atoms with Crippen LogP contribution in [0.5, 0.6) is 0 Å². The molecule has 0 bridgehead atoms.